The lowest BCUT2D eigenvalue weighted by molar-refractivity contribution is -0.383. The number of rotatable bonds is 7. The summed E-state index contributed by atoms with van der Waals surface area (Å²) in [6, 6.07) is 16.5. The maximum Gasteiger partial charge on any atom is 0.355 e. The van der Waals surface area contributed by atoms with E-state index in [0.29, 0.717) is 5.69 Å². The zero-order valence-corrected chi connectivity index (χ0v) is 15.0. The molecule has 0 atom stereocenters. The van der Waals surface area contributed by atoms with Gasteiger partial charge in [-0.05, 0) is 24.6 Å². The zero-order valence-electron chi connectivity index (χ0n) is 15.0. The van der Waals surface area contributed by atoms with Gasteiger partial charge in [0.15, 0.2) is 0 Å². The molecule has 0 saturated heterocycles. The van der Waals surface area contributed by atoms with Crippen LogP contribution in [0.2, 0.25) is 0 Å². The predicted octanol–water partition coefficient (Wildman–Crippen LogP) is 3.12. The van der Waals surface area contributed by atoms with Crippen LogP contribution < -0.4 is 16.2 Å². The van der Waals surface area contributed by atoms with Crippen LogP contribution in [-0.4, -0.2) is 20.8 Å². The lowest BCUT2D eigenvalue weighted by Crippen LogP contribution is -2.31. The third-order valence-electron chi connectivity index (χ3n) is 3.85. The van der Waals surface area contributed by atoms with E-state index in [1.54, 1.807) is 12.1 Å². The van der Waals surface area contributed by atoms with Crippen LogP contribution in [0.25, 0.3) is 0 Å². The number of hydrogen-bond donors (Lipinski definition) is 3. The summed E-state index contributed by atoms with van der Waals surface area (Å²) in [6.07, 6.45) is 1.30. The number of nitro groups is 1. The molecule has 0 saturated carbocycles. The highest BCUT2D eigenvalue weighted by molar-refractivity contribution is 5.81. The lowest BCUT2D eigenvalue weighted by Gasteiger charge is -2.11. The fraction of sp³-hybridized carbons (Fsp3) is 0.105. The molecule has 1 amide bonds. The fourth-order valence-corrected chi connectivity index (χ4v) is 2.46. The average Bonchev–Trinajstić information content (AvgIpc) is 2.69. The van der Waals surface area contributed by atoms with E-state index >= 15 is 0 Å². The van der Waals surface area contributed by atoms with E-state index in [-0.39, 0.29) is 29.7 Å². The van der Waals surface area contributed by atoms with Gasteiger partial charge in [0.1, 0.15) is 6.33 Å². The van der Waals surface area contributed by atoms with Crippen molar-refractivity contribution in [3.8, 4) is 0 Å². The van der Waals surface area contributed by atoms with Gasteiger partial charge in [0, 0.05) is 5.69 Å². The van der Waals surface area contributed by atoms with Gasteiger partial charge < -0.3 is 5.32 Å². The van der Waals surface area contributed by atoms with Gasteiger partial charge in [-0.3, -0.25) is 25.8 Å². The molecule has 0 aliphatic carbocycles. The molecular formula is C19H18N6O3. The largest absolute Gasteiger partial charge is 0.355 e. The van der Waals surface area contributed by atoms with Gasteiger partial charge >= 0.3 is 5.69 Å². The number of aromatic nitrogens is 2. The summed E-state index contributed by atoms with van der Waals surface area (Å²) in [7, 11) is 0. The Morgan fingerprint density at radius 1 is 1.04 bits per heavy atom. The first-order chi connectivity index (χ1) is 13.5. The minimum absolute atomic E-state index is 0.0173. The van der Waals surface area contributed by atoms with Crippen LogP contribution in [0.15, 0.2) is 60.9 Å². The molecule has 0 bridgehead atoms. The first-order valence-corrected chi connectivity index (χ1v) is 8.45. The molecule has 1 aromatic heterocycles. The number of hydrazine groups is 1. The topological polar surface area (TPSA) is 122 Å². The van der Waals surface area contributed by atoms with Gasteiger partial charge in [-0.15, -0.1) is 0 Å². The van der Waals surface area contributed by atoms with Gasteiger partial charge in [0.05, 0.1) is 11.3 Å². The van der Waals surface area contributed by atoms with Crippen LogP contribution in [0, 0.1) is 17.0 Å². The molecule has 3 N–H and O–H groups in total. The molecule has 28 heavy (non-hydrogen) atoms. The van der Waals surface area contributed by atoms with E-state index in [4.69, 9.17) is 0 Å². The Kier molecular flexibility index (Phi) is 5.75. The molecule has 0 unspecified atom stereocenters. The number of nitrogens with zero attached hydrogens (tertiary/aromatic N) is 3. The number of anilines is 3. The number of aryl methyl sites for hydroxylation is 1. The van der Waals surface area contributed by atoms with Crippen molar-refractivity contribution in [2.24, 2.45) is 0 Å². The smallest absolute Gasteiger partial charge is 0.334 e. The summed E-state index contributed by atoms with van der Waals surface area (Å²) in [5.74, 6) is -0.452. The number of nitrogens with one attached hydrogen (secondary N) is 3. The van der Waals surface area contributed by atoms with Crippen LogP contribution in [0.1, 0.15) is 11.1 Å². The summed E-state index contributed by atoms with van der Waals surface area (Å²) in [6.45, 7) is 1.94. The van der Waals surface area contributed by atoms with Crippen molar-refractivity contribution in [1.29, 1.82) is 0 Å². The third-order valence-corrected chi connectivity index (χ3v) is 3.85. The second-order valence-corrected chi connectivity index (χ2v) is 6.00. The minimum atomic E-state index is -0.609. The van der Waals surface area contributed by atoms with Crippen molar-refractivity contribution in [3.63, 3.8) is 0 Å². The van der Waals surface area contributed by atoms with Gasteiger partial charge in [-0.1, -0.05) is 48.0 Å². The van der Waals surface area contributed by atoms with Crippen LogP contribution in [0.5, 0.6) is 0 Å². The maximum absolute atomic E-state index is 12.1. The number of hydrogen-bond acceptors (Lipinski definition) is 7. The molecular weight excluding hydrogens is 360 g/mol. The molecule has 3 rings (SSSR count). The second-order valence-electron chi connectivity index (χ2n) is 6.00. The molecule has 0 fully saturated rings. The molecule has 142 valence electrons. The normalized spacial score (nSPS) is 10.2. The average molecular weight is 378 g/mol. The van der Waals surface area contributed by atoms with Crippen LogP contribution in [-0.2, 0) is 11.2 Å². The van der Waals surface area contributed by atoms with E-state index in [0.717, 1.165) is 11.1 Å². The van der Waals surface area contributed by atoms with E-state index in [2.05, 4.69) is 26.1 Å². The predicted molar refractivity (Wildman–Crippen MR) is 105 cm³/mol. The third kappa shape index (κ3) is 4.79. The Morgan fingerprint density at radius 2 is 1.71 bits per heavy atom. The molecule has 9 nitrogen and oxygen atoms in total. The number of carbonyl (C=O) groups excluding carboxylic acids is 1. The number of benzene rings is 2. The summed E-state index contributed by atoms with van der Waals surface area (Å²) in [4.78, 5) is 30.9. The molecule has 0 spiro atoms. The van der Waals surface area contributed by atoms with Crippen molar-refractivity contribution in [3.05, 3.63) is 82.2 Å². The number of carbonyl (C=O) groups is 1. The van der Waals surface area contributed by atoms with Crippen LogP contribution >= 0.6 is 0 Å². The highest BCUT2D eigenvalue weighted by Crippen LogP contribution is 2.30. The monoisotopic (exact) mass is 378 g/mol. The quantitative estimate of drug-likeness (QED) is 0.426. The zero-order chi connectivity index (χ0) is 19.9. The van der Waals surface area contributed by atoms with Crippen molar-refractivity contribution < 1.29 is 9.72 Å². The van der Waals surface area contributed by atoms with Gasteiger partial charge in [0.25, 0.3) is 0 Å². The Balaban J connectivity index is 1.74. The second kappa shape index (κ2) is 8.58. The van der Waals surface area contributed by atoms with Crippen molar-refractivity contribution in [2.75, 3.05) is 10.7 Å². The molecule has 1 heterocycles. The molecule has 0 aliphatic heterocycles. The van der Waals surface area contributed by atoms with Crippen molar-refractivity contribution >= 4 is 28.9 Å². The van der Waals surface area contributed by atoms with Crippen LogP contribution in [0.4, 0.5) is 23.0 Å². The van der Waals surface area contributed by atoms with E-state index < -0.39 is 4.92 Å². The first kappa shape index (κ1) is 18.8. The van der Waals surface area contributed by atoms with E-state index in [9.17, 15) is 14.9 Å². The summed E-state index contributed by atoms with van der Waals surface area (Å²) in [5.41, 5.74) is 7.10. The SMILES string of the molecule is Cc1ccc(Nc2ncnc(NNC(=O)Cc3ccccc3)c2[N+](=O)[O-])cc1. The number of amides is 1. The first-order valence-electron chi connectivity index (χ1n) is 8.45. The van der Waals surface area contributed by atoms with Crippen LogP contribution in [0.3, 0.4) is 0 Å². The Morgan fingerprint density at radius 3 is 2.39 bits per heavy atom. The van der Waals surface area contributed by atoms with Crippen molar-refractivity contribution in [1.82, 2.24) is 15.4 Å². The molecule has 3 aromatic rings. The summed E-state index contributed by atoms with van der Waals surface area (Å²) in [5, 5.41) is 14.5. The molecule has 0 aliphatic rings. The summed E-state index contributed by atoms with van der Waals surface area (Å²) >= 11 is 0. The Bertz CT molecular complexity index is 977. The fourth-order valence-electron chi connectivity index (χ4n) is 2.46. The highest BCUT2D eigenvalue weighted by Gasteiger charge is 2.23. The lowest BCUT2D eigenvalue weighted by atomic mass is 10.1. The summed E-state index contributed by atoms with van der Waals surface area (Å²) < 4.78 is 0. The van der Waals surface area contributed by atoms with Gasteiger partial charge in [-0.2, -0.15) is 0 Å². The van der Waals surface area contributed by atoms with Crippen molar-refractivity contribution in [2.45, 2.75) is 13.3 Å². The minimum Gasteiger partial charge on any atom is -0.334 e. The highest BCUT2D eigenvalue weighted by atomic mass is 16.6. The molecule has 9 heteroatoms. The maximum atomic E-state index is 12.1. The molecule has 0 radical (unpaired) electrons. The van der Waals surface area contributed by atoms with Gasteiger partial charge in [-0.25, -0.2) is 9.97 Å². The Hall–Kier alpha value is -4.01. The van der Waals surface area contributed by atoms with E-state index in [1.165, 1.54) is 6.33 Å². The molecule has 2 aromatic carbocycles. The standard InChI is InChI=1S/C19H18N6O3/c1-13-7-9-15(10-8-13)22-18-17(25(27)28)19(21-12-20-18)24-23-16(26)11-14-5-3-2-4-6-14/h2-10,12H,11H2,1H3,(H,23,26)(H2,20,21,22,24). The Labute approximate surface area is 161 Å². The van der Waals surface area contributed by atoms with E-state index in [1.807, 2.05) is 49.4 Å². The van der Waals surface area contributed by atoms with Gasteiger partial charge in [0.2, 0.25) is 17.5 Å².